The Morgan fingerprint density at radius 3 is 2.12 bits per heavy atom. The van der Waals surface area contributed by atoms with E-state index in [-0.39, 0.29) is 12.1 Å². The first-order valence-electron chi connectivity index (χ1n) is 8.46. The lowest BCUT2D eigenvalue weighted by atomic mass is 10.2. The van der Waals surface area contributed by atoms with Gasteiger partial charge in [-0.1, -0.05) is 30.3 Å². The van der Waals surface area contributed by atoms with E-state index in [4.69, 9.17) is 4.74 Å². The van der Waals surface area contributed by atoms with Gasteiger partial charge in [0.2, 0.25) is 0 Å². The Balaban J connectivity index is 2.00. The Morgan fingerprint density at radius 1 is 0.923 bits per heavy atom. The van der Waals surface area contributed by atoms with E-state index in [9.17, 15) is 9.59 Å². The minimum absolute atomic E-state index is 0.178. The fourth-order valence-electron chi connectivity index (χ4n) is 2.27. The SMILES string of the molecule is CC(NC(=O)c1ccccc1)Nc1ccccc1NC(=O)OC(C)(C)C. The van der Waals surface area contributed by atoms with Gasteiger partial charge in [-0.15, -0.1) is 0 Å². The Bertz CT molecular complexity index is 754. The standard InChI is InChI=1S/C20H25N3O3/c1-14(22-18(24)15-10-6-5-7-11-15)21-16-12-8-9-13-17(16)23-19(25)26-20(2,3)4/h5-14,21H,1-4H3,(H,22,24)(H,23,25). The lowest BCUT2D eigenvalue weighted by Gasteiger charge is -2.22. The second kappa shape index (κ2) is 8.38. The second-order valence-electron chi connectivity index (χ2n) is 6.88. The summed E-state index contributed by atoms with van der Waals surface area (Å²) in [6.45, 7) is 7.23. The van der Waals surface area contributed by atoms with Crippen molar-refractivity contribution in [2.24, 2.45) is 0 Å². The molecule has 0 fully saturated rings. The van der Waals surface area contributed by atoms with Crippen LogP contribution in [0.25, 0.3) is 0 Å². The fourth-order valence-corrected chi connectivity index (χ4v) is 2.27. The number of hydrogen-bond donors (Lipinski definition) is 3. The van der Waals surface area contributed by atoms with Crippen molar-refractivity contribution in [3.05, 3.63) is 60.2 Å². The molecule has 0 bridgehead atoms. The molecule has 0 saturated heterocycles. The van der Waals surface area contributed by atoms with Gasteiger partial charge in [-0.3, -0.25) is 10.1 Å². The van der Waals surface area contributed by atoms with Crippen LogP contribution in [0.5, 0.6) is 0 Å². The van der Waals surface area contributed by atoms with Crippen molar-refractivity contribution in [1.82, 2.24) is 5.32 Å². The molecule has 1 atom stereocenters. The number of anilines is 2. The van der Waals surface area contributed by atoms with E-state index >= 15 is 0 Å². The van der Waals surface area contributed by atoms with Crippen molar-refractivity contribution in [2.75, 3.05) is 10.6 Å². The van der Waals surface area contributed by atoms with Crippen molar-refractivity contribution in [3.8, 4) is 0 Å². The molecule has 2 aromatic rings. The second-order valence-corrected chi connectivity index (χ2v) is 6.88. The summed E-state index contributed by atoms with van der Waals surface area (Å²) in [5.74, 6) is -0.178. The first kappa shape index (κ1) is 19.3. The highest BCUT2D eigenvalue weighted by atomic mass is 16.6. The number of carbonyl (C=O) groups excluding carboxylic acids is 2. The monoisotopic (exact) mass is 355 g/mol. The zero-order valence-electron chi connectivity index (χ0n) is 15.5. The number of para-hydroxylation sites is 2. The van der Waals surface area contributed by atoms with E-state index in [0.29, 0.717) is 16.9 Å². The summed E-state index contributed by atoms with van der Waals surface area (Å²) in [5.41, 5.74) is 1.26. The molecule has 0 heterocycles. The summed E-state index contributed by atoms with van der Waals surface area (Å²) in [4.78, 5) is 24.2. The molecule has 0 saturated carbocycles. The van der Waals surface area contributed by atoms with Gasteiger partial charge in [0.05, 0.1) is 17.5 Å². The molecule has 138 valence electrons. The predicted molar refractivity (Wildman–Crippen MR) is 103 cm³/mol. The van der Waals surface area contributed by atoms with Crippen LogP contribution in [0.4, 0.5) is 16.2 Å². The topological polar surface area (TPSA) is 79.5 Å². The molecule has 0 aromatic heterocycles. The van der Waals surface area contributed by atoms with Crippen molar-refractivity contribution in [1.29, 1.82) is 0 Å². The van der Waals surface area contributed by atoms with Crippen LogP contribution in [0.1, 0.15) is 38.1 Å². The van der Waals surface area contributed by atoms with Crippen molar-refractivity contribution < 1.29 is 14.3 Å². The molecule has 2 aromatic carbocycles. The highest BCUT2D eigenvalue weighted by Gasteiger charge is 2.17. The van der Waals surface area contributed by atoms with Crippen LogP contribution in [0, 0.1) is 0 Å². The van der Waals surface area contributed by atoms with Gasteiger partial charge in [-0.2, -0.15) is 0 Å². The summed E-state index contributed by atoms with van der Waals surface area (Å²) in [6, 6.07) is 16.2. The lowest BCUT2D eigenvalue weighted by molar-refractivity contribution is 0.0635. The van der Waals surface area contributed by atoms with Gasteiger partial charge in [0, 0.05) is 5.56 Å². The van der Waals surface area contributed by atoms with Gasteiger partial charge in [-0.25, -0.2) is 4.79 Å². The molecular weight excluding hydrogens is 330 g/mol. The van der Waals surface area contributed by atoms with E-state index in [1.807, 2.05) is 43.3 Å². The molecule has 0 radical (unpaired) electrons. The maximum Gasteiger partial charge on any atom is 0.412 e. The van der Waals surface area contributed by atoms with E-state index in [1.54, 1.807) is 39.0 Å². The average Bonchev–Trinajstić information content (AvgIpc) is 2.55. The third kappa shape index (κ3) is 6.12. The van der Waals surface area contributed by atoms with Crippen LogP contribution in [-0.4, -0.2) is 23.8 Å². The third-order valence-corrected chi connectivity index (χ3v) is 3.32. The largest absolute Gasteiger partial charge is 0.444 e. The molecule has 0 aliphatic rings. The number of amides is 2. The summed E-state index contributed by atoms with van der Waals surface area (Å²) in [7, 11) is 0. The molecule has 6 heteroatoms. The number of rotatable bonds is 5. The first-order chi connectivity index (χ1) is 12.2. The van der Waals surface area contributed by atoms with Gasteiger partial charge in [0.25, 0.3) is 5.91 Å². The highest BCUT2D eigenvalue weighted by Crippen LogP contribution is 2.22. The predicted octanol–water partition coefficient (Wildman–Crippen LogP) is 4.22. The van der Waals surface area contributed by atoms with Crippen molar-refractivity contribution in [2.45, 2.75) is 39.5 Å². The Kier molecular flexibility index (Phi) is 6.22. The number of hydrogen-bond acceptors (Lipinski definition) is 4. The molecule has 0 aliphatic carbocycles. The van der Waals surface area contributed by atoms with Crippen LogP contribution in [0.3, 0.4) is 0 Å². The van der Waals surface area contributed by atoms with E-state index < -0.39 is 11.7 Å². The Hall–Kier alpha value is -3.02. The normalized spacial score (nSPS) is 12.0. The molecular formula is C20H25N3O3. The molecule has 2 amide bonds. The minimum atomic E-state index is -0.580. The van der Waals surface area contributed by atoms with Gasteiger partial charge in [-0.05, 0) is 52.0 Å². The van der Waals surface area contributed by atoms with Crippen LogP contribution < -0.4 is 16.0 Å². The molecule has 3 N–H and O–H groups in total. The van der Waals surface area contributed by atoms with Crippen LogP contribution >= 0.6 is 0 Å². The fraction of sp³-hybridized carbons (Fsp3) is 0.300. The van der Waals surface area contributed by atoms with Crippen LogP contribution in [-0.2, 0) is 4.74 Å². The number of nitrogens with one attached hydrogen (secondary N) is 3. The molecule has 0 aliphatic heterocycles. The van der Waals surface area contributed by atoms with Crippen LogP contribution in [0.15, 0.2) is 54.6 Å². The first-order valence-corrected chi connectivity index (χ1v) is 8.46. The molecule has 2 rings (SSSR count). The summed E-state index contributed by atoms with van der Waals surface area (Å²) in [5, 5.41) is 8.77. The van der Waals surface area contributed by atoms with Crippen molar-refractivity contribution >= 4 is 23.4 Å². The maximum atomic E-state index is 12.2. The summed E-state index contributed by atoms with van der Waals surface area (Å²) < 4.78 is 5.28. The minimum Gasteiger partial charge on any atom is -0.444 e. The zero-order chi connectivity index (χ0) is 19.2. The smallest absolute Gasteiger partial charge is 0.412 e. The van der Waals surface area contributed by atoms with Gasteiger partial charge < -0.3 is 15.4 Å². The highest BCUT2D eigenvalue weighted by molar-refractivity contribution is 5.94. The molecule has 6 nitrogen and oxygen atoms in total. The van der Waals surface area contributed by atoms with E-state index in [1.165, 1.54) is 0 Å². The van der Waals surface area contributed by atoms with E-state index in [2.05, 4.69) is 16.0 Å². The van der Waals surface area contributed by atoms with Gasteiger partial charge >= 0.3 is 6.09 Å². The van der Waals surface area contributed by atoms with E-state index in [0.717, 1.165) is 0 Å². The maximum absolute atomic E-state index is 12.2. The van der Waals surface area contributed by atoms with Gasteiger partial charge in [0.1, 0.15) is 5.60 Å². The summed E-state index contributed by atoms with van der Waals surface area (Å²) in [6.07, 6.45) is -0.878. The number of ether oxygens (including phenoxy) is 1. The Morgan fingerprint density at radius 2 is 1.50 bits per heavy atom. The Labute approximate surface area is 153 Å². The third-order valence-electron chi connectivity index (χ3n) is 3.32. The quantitative estimate of drug-likeness (QED) is 0.702. The van der Waals surface area contributed by atoms with Crippen LogP contribution in [0.2, 0.25) is 0 Å². The van der Waals surface area contributed by atoms with Crippen molar-refractivity contribution in [3.63, 3.8) is 0 Å². The average molecular weight is 355 g/mol. The molecule has 26 heavy (non-hydrogen) atoms. The van der Waals surface area contributed by atoms with Gasteiger partial charge in [0.15, 0.2) is 0 Å². The molecule has 1 unspecified atom stereocenters. The lowest BCUT2D eigenvalue weighted by Crippen LogP contribution is -2.38. The number of benzene rings is 2. The number of carbonyl (C=O) groups is 2. The summed E-state index contributed by atoms with van der Waals surface area (Å²) >= 11 is 0. The zero-order valence-corrected chi connectivity index (χ0v) is 15.5. The molecule has 0 spiro atoms.